The minimum Gasteiger partial charge on any atom is -0.392 e. The zero-order chi connectivity index (χ0) is 20.1. The number of ether oxygens (including phenoxy) is 1. The third-order valence-electron chi connectivity index (χ3n) is 4.86. The standard InChI is InChI=1S/C19H27N5O3S/c1-11(25)6-23(7-12(2)26)8-15-21-17-16-13-5-19(3,4)27-9-14(13)28-18(16)20-10-24(17)22-15/h10-12,25-26H,5-9H2,1-4H3/t11-,12-/m0/s1. The molecule has 0 amide bonds. The Morgan fingerprint density at radius 2 is 2.00 bits per heavy atom. The monoisotopic (exact) mass is 405 g/mol. The number of aromatic nitrogens is 4. The highest BCUT2D eigenvalue weighted by Gasteiger charge is 2.30. The fourth-order valence-electron chi connectivity index (χ4n) is 3.80. The van der Waals surface area contributed by atoms with Gasteiger partial charge in [0.05, 0.1) is 36.3 Å². The zero-order valence-electron chi connectivity index (χ0n) is 16.7. The molecule has 0 saturated heterocycles. The van der Waals surface area contributed by atoms with Gasteiger partial charge in [-0.05, 0) is 33.3 Å². The maximum atomic E-state index is 9.76. The van der Waals surface area contributed by atoms with E-state index in [1.165, 1.54) is 10.4 Å². The van der Waals surface area contributed by atoms with E-state index in [1.54, 1.807) is 36.0 Å². The van der Waals surface area contributed by atoms with Gasteiger partial charge in [-0.3, -0.25) is 4.90 Å². The number of fused-ring (bicyclic) bond motifs is 5. The molecule has 2 atom stereocenters. The van der Waals surface area contributed by atoms with Crippen LogP contribution in [0.25, 0.3) is 15.9 Å². The molecule has 0 aromatic carbocycles. The van der Waals surface area contributed by atoms with Gasteiger partial charge in [-0.1, -0.05) is 0 Å². The van der Waals surface area contributed by atoms with Gasteiger partial charge in [0.15, 0.2) is 11.5 Å². The van der Waals surface area contributed by atoms with E-state index in [9.17, 15) is 10.2 Å². The van der Waals surface area contributed by atoms with Crippen LogP contribution in [0.1, 0.15) is 44.0 Å². The Hall–Kier alpha value is -1.65. The average Bonchev–Trinajstić information content (AvgIpc) is 3.12. The van der Waals surface area contributed by atoms with E-state index < -0.39 is 12.2 Å². The molecule has 0 fully saturated rings. The van der Waals surface area contributed by atoms with Crippen LogP contribution in [0.3, 0.4) is 0 Å². The molecule has 152 valence electrons. The van der Waals surface area contributed by atoms with Gasteiger partial charge in [0.2, 0.25) is 0 Å². The molecule has 28 heavy (non-hydrogen) atoms. The van der Waals surface area contributed by atoms with E-state index in [-0.39, 0.29) is 5.60 Å². The minimum absolute atomic E-state index is 0.206. The highest BCUT2D eigenvalue weighted by atomic mass is 32.1. The molecule has 3 aromatic heterocycles. The normalized spacial score (nSPS) is 18.7. The van der Waals surface area contributed by atoms with Crippen LogP contribution in [0.5, 0.6) is 0 Å². The molecule has 0 spiro atoms. The van der Waals surface area contributed by atoms with E-state index in [1.807, 2.05) is 4.90 Å². The Labute approximate surface area is 167 Å². The summed E-state index contributed by atoms with van der Waals surface area (Å²) in [5, 5.41) is 25.2. The molecular formula is C19H27N5O3S. The highest BCUT2D eigenvalue weighted by Crippen LogP contribution is 2.39. The first-order valence-electron chi connectivity index (χ1n) is 9.59. The van der Waals surface area contributed by atoms with Crippen molar-refractivity contribution in [1.82, 2.24) is 24.5 Å². The van der Waals surface area contributed by atoms with Gasteiger partial charge < -0.3 is 14.9 Å². The molecule has 9 heteroatoms. The number of hydrogen-bond donors (Lipinski definition) is 2. The molecule has 0 unspecified atom stereocenters. The van der Waals surface area contributed by atoms with Crippen LogP contribution in [0.2, 0.25) is 0 Å². The van der Waals surface area contributed by atoms with Crippen molar-refractivity contribution >= 4 is 27.2 Å². The van der Waals surface area contributed by atoms with Crippen molar-refractivity contribution in [3.63, 3.8) is 0 Å². The number of aliphatic hydroxyl groups is 2. The van der Waals surface area contributed by atoms with Crippen LogP contribution in [0.15, 0.2) is 6.33 Å². The Bertz CT molecular complexity index is 984. The first-order chi connectivity index (χ1) is 13.2. The van der Waals surface area contributed by atoms with Crippen molar-refractivity contribution in [2.75, 3.05) is 13.1 Å². The predicted molar refractivity (Wildman–Crippen MR) is 107 cm³/mol. The van der Waals surface area contributed by atoms with Gasteiger partial charge in [-0.2, -0.15) is 0 Å². The number of hydrogen-bond acceptors (Lipinski definition) is 8. The van der Waals surface area contributed by atoms with E-state index in [0.717, 1.165) is 22.3 Å². The fourth-order valence-corrected chi connectivity index (χ4v) is 4.87. The third-order valence-corrected chi connectivity index (χ3v) is 5.98. The SMILES string of the molecule is C[C@H](O)CN(Cc1nc2c3c4c(sc3ncn2n1)COC(C)(C)C4)C[C@H](C)O. The average molecular weight is 406 g/mol. The summed E-state index contributed by atoms with van der Waals surface area (Å²) in [4.78, 5) is 13.5. The minimum atomic E-state index is -0.490. The lowest BCUT2D eigenvalue weighted by molar-refractivity contribution is -0.0379. The first kappa shape index (κ1) is 19.7. The van der Waals surface area contributed by atoms with E-state index in [2.05, 4.69) is 23.9 Å². The van der Waals surface area contributed by atoms with Crippen LogP contribution in [-0.4, -0.2) is 65.6 Å². The van der Waals surface area contributed by atoms with Crippen LogP contribution in [0, 0.1) is 0 Å². The Morgan fingerprint density at radius 3 is 2.68 bits per heavy atom. The van der Waals surface area contributed by atoms with Crippen molar-refractivity contribution in [3.05, 3.63) is 22.6 Å². The van der Waals surface area contributed by atoms with Gasteiger partial charge >= 0.3 is 0 Å². The van der Waals surface area contributed by atoms with Crippen molar-refractivity contribution < 1.29 is 14.9 Å². The van der Waals surface area contributed by atoms with Crippen LogP contribution >= 0.6 is 11.3 Å². The van der Waals surface area contributed by atoms with Gasteiger partial charge in [-0.25, -0.2) is 14.5 Å². The van der Waals surface area contributed by atoms with E-state index in [4.69, 9.17) is 9.72 Å². The summed E-state index contributed by atoms with van der Waals surface area (Å²) in [5.74, 6) is 0.655. The second-order valence-electron chi connectivity index (χ2n) is 8.34. The van der Waals surface area contributed by atoms with Gasteiger partial charge in [0.1, 0.15) is 11.2 Å². The summed E-state index contributed by atoms with van der Waals surface area (Å²) in [6.45, 7) is 9.65. The fraction of sp³-hybridized carbons (Fsp3) is 0.632. The van der Waals surface area contributed by atoms with Crippen LogP contribution in [0.4, 0.5) is 0 Å². The molecule has 8 nitrogen and oxygen atoms in total. The Morgan fingerprint density at radius 1 is 1.29 bits per heavy atom. The number of thiophene rings is 1. The number of aliphatic hydroxyl groups excluding tert-OH is 2. The Kier molecular flexibility index (Phi) is 5.13. The third kappa shape index (κ3) is 3.90. The molecule has 2 N–H and O–H groups in total. The van der Waals surface area contributed by atoms with Crippen LogP contribution in [-0.2, 0) is 24.3 Å². The summed E-state index contributed by atoms with van der Waals surface area (Å²) in [6.07, 6.45) is 1.54. The molecule has 1 aliphatic heterocycles. The molecule has 0 aliphatic carbocycles. The van der Waals surface area contributed by atoms with Crippen molar-refractivity contribution in [2.24, 2.45) is 0 Å². The molecule has 0 bridgehead atoms. The summed E-state index contributed by atoms with van der Waals surface area (Å²) >= 11 is 1.66. The molecule has 4 rings (SSSR count). The second-order valence-corrected chi connectivity index (χ2v) is 9.43. The lowest BCUT2D eigenvalue weighted by Crippen LogP contribution is -2.36. The second kappa shape index (κ2) is 7.31. The molecule has 4 heterocycles. The summed E-state index contributed by atoms with van der Waals surface area (Å²) in [5.41, 5.74) is 1.87. The van der Waals surface area contributed by atoms with Gasteiger partial charge in [-0.15, -0.1) is 16.4 Å². The smallest absolute Gasteiger partial charge is 0.168 e. The summed E-state index contributed by atoms with van der Waals surface area (Å²) in [6, 6.07) is 0. The van der Waals surface area contributed by atoms with Crippen molar-refractivity contribution in [2.45, 2.75) is 65.1 Å². The van der Waals surface area contributed by atoms with Gasteiger partial charge in [0.25, 0.3) is 0 Å². The lowest BCUT2D eigenvalue weighted by atomic mass is 9.94. The van der Waals surface area contributed by atoms with E-state index >= 15 is 0 Å². The molecular weight excluding hydrogens is 378 g/mol. The molecule has 1 aliphatic rings. The predicted octanol–water partition coefficient (Wildman–Crippen LogP) is 1.75. The maximum absolute atomic E-state index is 9.76. The Balaban J connectivity index is 1.72. The lowest BCUT2D eigenvalue weighted by Gasteiger charge is -2.30. The molecule has 0 saturated carbocycles. The largest absolute Gasteiger partial charge is 0.392 e. The topological polar surface area (TPSA) is 96.0 Å². The quantitative estimate of drug-likeness (QED) is 0.645. The maximum Gasteiger partial charge on any atom is 0.168 e. The van der Waals surface area contributed by atoms with Gasteiger partial charge in [0, 0.05) is 24.4 Å². The summed E-state index contributed by atoms with van der Waals surface area (Å²) < 4.78 is 7.68. The zero-order valence-corrected chi connectivity index (χ0v) is 17.5. The molecule has 3 aromatic rings. The van der Waals surface area contributed by atoms with Crippen molar-refractivity contribution in [1.29, 1.82) is 0 Å². The summed E-state index contributed by atoms with van der Waals surface area (Å²) in [7, 11) is 0. The number of rotatable bonds is 6. The molecule has 0 radical (unpaired) electrons. The first-order valence-corrected chi connectivity index (χ1v) is 10.4. The number of nitrogens with zero attached hydrogens (tertiary/aromatic N) is 5. The highest BCUT2D eigenvalue weighted by molar-refractivity contribution is 7.19. The van der Waals surface area contributed by atoms with E-state index in [0.29, 0.717) is 32.1 Å². The van der Waals surface area contributed by atoms with Crippen molar-refractivity contribution in [3.8, 4) is 0 Å². The van der Waals surface area contributed by atoms with Crippen LogP contribution < -0.4 is 0 Å².